The van der Waals surface area contributed by atoms with Crippen LogP contribution in [0.1, 0.15) is 44.0 Å². The molecule has 0 bridgehead atoms. The molecule has 1 fully saturated rings. The SMILES string of the molecule is CCOC(=O)c1ccc(-c2ccc(OCC3CCN(CC(C)(C)C(F)(F)F)CC3)cc2F)cc1F. The van der Waals surface area contributed by atoms with Crippen LogP contribution in [0.4, 0.5) is 22.0 Å². The fourth-order valence-electron chi connectivity index (χ4n) is 4.05. The van der Waals surface area contributed by atoms with Crippen LogP contribution in [0.3, 0.4) is 0 Å². The third-order valence-corrected chi connectivity index (χ3v) is 6.30. The zero-order valence-corrected chi connectivity index (χ0v) is 20.1. The molecule has 1 aliphatic heterocycles. The van der Waals surface area contributed by atoms with E-state index in [1.807, 2.05) is 4.90 Å². The van der Waals surface area contributed by atoms with Crippen LogP contribution in [0, 0.1) is 23.0 Å². The number of alkyl halides is 3. The third-order valence-electron chi connectivity index (χ3n) is 6.30. The van der Waals surface area contributed by atoms with Gasteiger partial charge in [-0.25, -0.2) is 13.6 Å². The number of nitrogens with zero attached hydrogens (tertiary/aromatic N) is 1. The van der Waals surface area contributed by atoms with Crippen molar-refractivity contribution < 1.29 is 36.2 Å². The third kappa shape index (κ3) is 6.72. The smallest absolute Gasteiger partial charge is 0.395 e. The molecule has 1 heterocycles. The molecule has 3 rings (SSSR count). The Kier molecular flexibility index (Phi) is 8.41. The second-order valence-corrected chi connectivity index (χ2v) is 9.47. The second kappa shape index (κ2) is 10.9. The first-order valence-electron chi connectivity index (χ1n) is 11.6. The fraction of sp³-hybridized carbons (Fsp3) is 0.500. The molecule has 0 unspecified atom stereocenters. The molecule has 192 valence electrons. The maximum atomic E-state index is 14.7. The Balaban J connectivity index is 1.55. The van der Waals surface area contributed by atoms with E-state index >= 15 is 0 Å². The first-order chi connectivity index (χ1) is 16.4. The summed E-state index contributed by atoms with van der Waals surface area (Å²) in [6, 6.07) is 8.06. The molecule has 9 heteroatoms. The Bertz CT molecular complexity index is 1030. The molecule has 0 N–H and O–H groups in total. The summed E-state index contributed by atoms with van der Waals surface area (Å²) >= 11 is 0. The Labute approximate surface area is 202 Å². The van der Waals surface area contributed by atoms with Crippen molar-refractivity contribution in [2.24, 2.45) is 11.3 Å². The highest BCUT2D eigenvalue weighted by atomic mass is 19.4. The number of halogens is 5. The van der Waals surface area contributed by atoms with Gasteiger partial charge < -0.3 is 14.4 Å². The number of carbonyl (C=O) groups is 1. The van der Waals surface area contributed by atoms with Crippen LogP contribution in [-0.4, -0.2) is 49.9 Å². The van der Waals surface area contributed by atoms with Gasteiger partial charge in [0.1, 0.15) is 17.4 Å². The van der Waals surface area contributed by atoms with E-state index < -0.39 is 29.2 Å². The predicted octanol–water partition coefficient (Wildman–Crippen LogP) is 6.49. The van der Waals surface area contributed by atoms with Gasteiger partial charge in [0.25, 0.3) is 0 Å². The number of carbonyl (C=O) groups excluding carboxylic acids is 1. The molecule has 2 aromatic carbocycles. The van der Waals surface area contributed by atoms with Crippen LogP contribution in [-0.2, 0) is 4.74 Å². The van der Waals surface area contributed by atoms with Crippen molar-refractivity contribution in [1.29, 1.82) is 0 Å². The summed E-state index contributed by atoms with van der Waals surface area (Å²) in [5, 5.41) is 0. The molecule has 35 heavy (non-hydrogen) atoms. The summed E-state index contributed by atoms with van der Waals surface area (Å²) in [6.45, 7) is 5.54. The minimum Gasteiger partial charge on any atom is -0.493 e. The number of rotatable bonds is 8. The number of hydrogen-bond donors (Lipinski definition) is 0. The maximum Gasteiger partial charge on any atom is 0.395 e. The van der Waals surface area contributed by atoms with Gasteiger partial charge in [0.2, 0.25) is 0 Å². The molecule has 0 atom stereocenters. The molecular weight excluding hydrogens is 469 g/mol. The Morgan fingerprint density at radius 2 is 1.71 bits per heavy atom. The van der Waals surface area contributed by atoms with Crippen molar-refractivity contribution in [2.75, 3.05) is 32.8 Å². The molecule has 0 amide bonds. The van der Waals surface area contributed by atoms with Crippen molar-refractivity contribution in [3.05, 3.63) is 53.6 Å². The molecule has 0 aromatic heterocycles. The summed E-state index contributed by atoms with van der Waals surface area (Å²) in [7, 11) is 0. The van der Waals surface area contributed by atoms with Crippen LogP contribution in [0.15, 0.2) is 36.4 Å². The monoisotopic (exact) mass is 499 g/mol. The quantitative estimate of drug-likeness (QED) is 0.308. The average Bonchev–Trinajstić information content (AvgIpc) is 2.78. The van der Waals surface area contributed by atoms with Crippen molar-refractivity contribution in [2.45, 2.75) is 39.8 Å². The van der Waals surface area contributed by atoms with Gasteiger partial charge >= 0.3 is 12.1 Å². The molecule has 2 aromatic rings. The lowest BCUT2D eigenvalue weighted by molar-refractivity contribution is -0.217. The van der Waals surface area contributed by atoms with E-state index in [0.717, 1.165) is 6.07 Å². The van der Waals surface area contributed by atoms with E-state index in [4.69, 9.17) is 9.47 Å². The number of likely N-dealkylation sites (tertiary alicyclic amines) is 1. The largest absolute Gasteiger partial charge is 0.493 e. The lowest BCUT2D eigenvalue weighted by Gasteiger charge is -2.38. The fourth-order valence-corrected chi connectivity index (χ4v) is 4.05. The normalized spacial score (nSPS) is 15.8. The van der Waals surface area contributed by atoms with Crippen molar-refractivity contribution in [1.82, 2.24) is 4.90 Å². The van der Waals surface area contributed by atoms with E-state index in [-0.39, 0.29) is 35.8 Å². The van der Waals surface area contributed by atoms with Gasteiger partial charge in [-0.05, 0) is 82.4 Å². The van der Waals surface area contributed by atoms with Crippen molar-refractivity contribution in [3.8, 4) is 16.9 Å². The van der Waals surface area contributed by atoms with Crippen LogP contribution in [0.2, 0.25) is 0 Å². The van der Waals surface area contributed by atoms with Gasteiger partial charge in [-0.1, -0.05) is 6.07 Å². The predicted molar refractivity (Wildman–Crippen MR) is 122 cm³/mol. The standard InChI is InChI=1S/C26H30F5NO3/c1-4-34-24(33)21-7-5-18(13-22(21)27)20-8-6-19(14-23(20)28)35-15-17-9-11-32(12-10-17)16-25(2,3)26(29,30)31/h5-8,13-14,17H,4,9-12,15-16H2,1-3H3. The van der Waals surface area contributed by atoms with E-state index in [9.17, 15) is 26.7 Å². The van der Waals surface area contributed by atoms with Crippen LogP contribution < -0.4 is 4.74 Å². The number of esters is 1. The number of hydrogen-bond acceptors (Lipinski definition) is 4. The minimum atomic E-state index is -4.25. The van der Waals surface area contributed by atoms with Crippen molar-refractivity contribution in [3.63, 3.8) is 0 Å². The lowest BCUT2D eigenvalue weighted by Crippen LogP contribution is -2.46. The summed E-state index contributed by atoms with van der Waals surface area (Å²) in [5.74, 6) is -1.71. The molecule has 1 aliphatic rings. The first-order valence-corrected chi connectivity index (χ1v) is 11.6. The first kappa shape index (κ1) is 26.9. The summed E-state index contributed by atoms with van der Waals surface area (Å²) in [4.78, 5) is 13.6. The number of ether oxygens (including phenoxy) is 2. The Morgan fingerprint density at radius 3 is 2.29 bits per heavy atom. The topological polar surface area (TPSA) is 38.8 Å². The minimum absolute atomic E-state index is 0.0435. The van der Waals surface area contributed by atoms with Crippen molar-refractivity contribution >= 4 is 5.97 Å². The van der Waals surface area contributed by atoms with Gasteiger partial charge in [-0.15, -0.1) is 0 Å². The highest BCUT2D eigenvalue weighted by Gasteiger charge is 2.48. The van der Waals surface area contributed by atoms with Gasteiger partial charge in [-0.2, -0.15) is 13.2 Å². The van der Waals surface area contributed by atoms with Gasteiger partial charge in [0.15, 0.2) is 0 Å². The molecule has 0 spiro atoms. The van der Waals surface area contributed by atoms with E-state index in [1.165, 1.54) is 38.1 Å². The number of benzene rings is 2. The van der Waals surface area contributed by atoms with Crippen LogP contribution in [0.5, 0.6) is 5.75 Å². The highest BCUT2D eigenvalue weighted by molar-refractivity contribution is 5.90. The van der Waals surface area contributed by atoms with Crippen LogP contribution >= 0.6 is 0 Å². The summed E-state index contributed by atoms with van der Waals surface area (Å²) in [6.07, 6.45) is -2.86. The molecule has 0 saturated carbocycles. The molecule has 0 radical (unpaired) electrons. The van der Waals surface area contributed by atoms with Crippen LogP contribution in [0.25, 0.3) is 11.1 Å². The Hall–Kier alpha value is -2.68. The van der Waals surface area contributed by atoms with E-state index in [1.54, 1.807) is 13.0 Å². The molecular formula is C26H30F5NO3. The van der Waals surface area contributed by atoms with Gasteiger partial charge in [0, 0.05) is 18.2 Å². The number of piperidine rings is 1. The molecule has 0 aliphatic carbocycles. The maximum absolute atomic E-state index is 14.7. The summed E-state index contributed by atoms with van der Waals surface area (Å²) in [5.41, 5.74) is -1.55. The van der Waals surface area contributed by atoms with E-state index in [0.29, 0.717) is 38.3 Å². The highest BCUT2D eigenvalue weighted by Crippen LogP contribution is 2.38. The zero-order chi connectivity index (χ0) is 25.8. The lowest BCUT2D eigenvalue weighted by atomic mass is 9.89. The van der Waals surface area contributed by atoms with E-state index in [2.05, 4.69) is 0 Å². The second-order valence-electron chi connectivity index (χ2n) is 9.47. The Morgan fingerprint density at radius 1 is 1.03 bits per heavy atom. The average molecular weight is 500 g/mol. The molecule has 4 nitrogen and oxygen atoms in total. The van der Waals surface area contributed by atoms with Gasteiger partial charge in [-0.3, -0.25) is 0 Å². The van der Waals surface area contributed by atoms with Gasteiger partial charge in [0.05, 0.1) is 24.2 Å². The summed E-state index contributed by atoms with van der Waals surface area (Å²) < 4.78 is 78.9. The molecule has 1 saturated heterocycles. The zero-order valence-electron chi connectivity index (χ0n) is 20.1.